The summed E-state index contributed by atoms with van der Waals surface area (Å²) in [5.41, 5.74) is 1.56. The number of nitrogens with one attached hydrogen (secondary N) is 1. The normalized spacial score (nSPS) is 10.8. The van der Waals surface area contributed by atoms with Crippen LogP contribution in [0.1, 0.15) is 5.69 Å². The number of aromatic nitrogens is 6. The minimum atomic E-state index is -0.0807. The molecule has 0 aliphatic carbocycles. The lowest BCUT2D eigenvalue weighted by Crippen LogP contribution is -2.12. The van der Waals surface area contributed by atoms with Gasteiger partial charge in [-0.1, -0.05) is 30.0 Å². The summed E-state index contributed by atoms with van der Waals surface area (Å²) in [5, 5.41) is 15.0. The van der Waals surface area contributed by atoms with Gasteiger partial charge in [-0.25, -0.2) is 9.36 Å². The first-order valence-electron chi connectivity index (χ1n) is 5.95. The Bertz CT molecular complexity index is 760. The second kappa shape index (κ2) is 5.33. The van der Waals surface area contributed by atoms with E-state index in [1.165, 1.54) is 16.4 Å². The van der Waals surface area contributed by atoms with Gasteiger partial charge in [0.2, 0.25) is 5.16 Å². The molecule has 2 aromatic heterocycles. The number of hydrogen-bond donors (Lipinski definition) is 1. The topological polar surface area (TPSA) is 81.4 Å². The van der Waals surface area contributed by atoms with E-state index >= 15 is 0 Å². The van der Waals surface area contributed by atoms with E-state index in [4.69, 9.17) is 0 Å². The zero-order chi connectivity index (χ0) is 13.9. The van der Waals surface area contributed by atoms with Gasteiger partial charge in [0, 0.05) is 24.6 Å². The average Bonchev–Trinajstić information content (AvgIpc) is 3.03. The number of hydrogen-bond acceptors (Lipinski definition) is 5. The van der Waals surface area contributed by atoms with E-state index in [1.54, 1.807) is 17.8 Å². The first-order valence-corrected chi connectivity index (χ1v) is 6.94. The molecule has 3 rings (SSSR count). The number of aryl methyl sites for hydroxylation is 1. The molecule has 3 aromatic rings. The zero-order valence-corrected chi connectivity index (χ0v) is 11.5. The van der Waals surface area contributed by atoms with Gasteiger partial charge < -0.3 is 0 Å². The van der Waals surface area contributed by atoms with Gasteiger partial charge in [0.1, 0.15) is 0 Å². The molecule has 1 aromatic carbocycles. The Balaban J connectivity index is 1.80. The molecule has 0 unspecified atom stereocenters. The van der Waals surface area contributed by atoms with Gasteiger partial charge >= 0.3 is 0 Å². The van der Waals surface area contributed by atoms with Crippen LogP contribution >= 0.6 is 11.8 Å². The molecule has 0 bridgehead atoms. The van der Waals surface area contributed by atoms with Crippen LogP contribution in [0.3, 0.4) is 0 Å². The van der Waals surface area contributed by atoms with E-state index in [0.717, 1.165) is 11.4 Å². The maximum Gasteiger partial charge on any atom is 0.271 e. The minimum Gasteiger partial charge on any atom is -0.294 e. The van der Waals surface area contributed by atoms with Crippen molar-refractivity contribution in [2.75, 3.05) is 0 Å². The summed E-state index contributed by atoms with van der Waals surface area (Å²) in [6.45, 7) is 0. The van der Waals surface area contributed by atoms with Gasteiger partial charge in [0.05, 0.1) is 5.69 Å². The van der Waals surface area contributed by atoms with Crippen molar-refractivity contribution >= 4 is 11.8 Å². The summed E-state index contributed by atoms with van der Waals surface area (Å²) in [6, 6.07) is 11.0. The van der Waals surface area contributed by atoms with E-state index in [2.05, 4.69) is 20.6 Å². The van der Waals surface area contributed by atoms with Gasteiger partial charge in [-0.2, -0.15) is 0 Å². The third-order valence-corrected chi connectivity index (χ3v) is 3.79. The van der Waals surface area contributed by atoms with Crippen LogP contribution in [0.2, 0.25) is 0 Å². The molecule has 2 heterocycles. The van der Waals surface area contributed by atoms with E-state index in [-0.39, 0.29) is 5.56 Å². The van der Waals surface area contributed by atoms with Crippen molar-refractivity contribution in [2.24, 2.45) is 7.05 Å². The quantitative estimate of drug-likeness (QED) is 0.724. The monoisotopic (exact) mass is 288 g/mol. The second-order valence-electron chi connectivity index (χ2n) is 4.16. The molecule has 7 nitrogen and oxygen atoms in total. The maximum atomic E-state index is 11.9. The summed E-state index contributed by atoms with van der Waals surface area (Å²) < 4.78 is 3.11. The van der Waals surface area contributed by atoms with E-state index in [9.17, 15) is 4.79 Å². The molecule has 0 amide bonds. The standard InChI is InChI=1S/C12H12N6OS/c1-17-12(13-15-16-17)20-8-9-7-11(19)18(14-9)10-5-3-2-4-6-10/h2-7,14H,8H2,1H3. The van der Waals surface area contributed by atoms with Gasteiger partial charge in [-0.05, 0) is 22.6 Å². The zero-order valence-electron chi connectivity index (χ0n) is 10.7. The van der Waals surface area contributed by atoms with E-state index in [1.807, 2.05) is 30.3 Å². The van der Waals surface area contributed by atoms with Crippen molar-refractivity contribution in [3.05, 3.63) is 52.4 Å². The third-order valence-electron chi connectivity index (χ3n) is 2.73. The highest BCUT2D eigenvalue weighted by molar-refractivity contribution is 7.98. The van der Waals surface area contributed by atoms with Crippen molar-refractivity contribution in [1.29, 1.82) is 0 Å². The number of para-hydroxylation sites is 1. The molecule has 0 fully saturated rings. The number of H-pyrrole nitrogens is 1. The van der Waals surface area contributed by atoms with Crippen LogP contribution in [0.25, 0.3) is 5.69 Å². The van der Waals surface area contributed by atoms with Crippen LogP contribution in [0.15, 0.2) is 46.3 Å². The molecule has 0 atom stereocenters. The summed E-state index contributed by atoms with van der Waals surface area (Å²) >= 11 is 1.47. The number of nitrogens with zero attached hydrogens (tertiary/aromatic N) is 5. The smallest absolute Gasteiger partial charge is 0.271 e. The summed E-state index contributed by atoms with van der Waals surface area (Å²) in [5.74, 6) is 0.600. The molecule has 8 heteroatoms. The number of rotatable bonds is 4. The predicted octanol–water partition coefficient (Wildman–Crippen LogP) is 0.981. The molecule has 102 valence electrons. The van der Waals surface area contributed by atoms with Crippen LogP contribution in [-0.4, -0.2) is 30.0 Å². The Morgan fingerprint density at radius 3 is 2.80 bits per heavy atom. The fourth-order valence-corrected chi connectivity index (χ4v) is 2.52. The Hall–Kier alpha value is -2.35. The molecular weight excluding hydrogens is 276 g/mol. The average molecular weight is 288 g/mol. The second-order valence-corrected chi connectivity index (χ2v) is 5.11. The van der Waals surface area contributed by atoms with Crippen LogP contribution in [0.4, 0.5) is 0 Å². The predicted molar refractivity (Wildman–Crippen MR) is 74.7 cm³/mol. The van der Waals surface area contributed by atoms with Crippen LogP contribution in [0, 0.1) is 0 Å². The largest absolute Gasteiger partial charge is 0.294 e. The summed E-state index contributed by atoms with van der Waals surface area (Å²) in [7, 11) is 1.78. The van der Waals surface area contributed by atoms with Crippen LogP contribution in [0.5, 0.6) is 0 Å². The SMILES string of the molecule is Cn1nnnc1SCc1cc(=O)n(-c2ccccc2)[nH]1. The van der Waals surface area contributed by atoms with Crippen LogP contribution < -0.4 is 5.56 Å². The van der Waals surface area contributed by atoms with Crippen molar-refractivity contribution in [1.82, 2.24) is 30.0 Å². The highest BCUT2D eigenvalue weighted by Crippen LogP contribution is 2.17. The van der Waals surface area contributed by atoms with Gasteiger partial charge in [0.25, 0.3) is 5.56 Å². The van der Waals surface area contributed by atoms with E-state index in [0.29, 0.717) is 10.9 Å². The molecule has 0 saturated carbocycles. The Morgan fingerprint density at radius 1 is 1.30 bits per heavy atom. The van der Waals surface area contributed by atoms with Gasteiger partial charge in [-0.15, -0.1) is 5.10 Å². The fraction of sp³-hybridized carbons (Fsp3) is 0.167. The van der Waals surface area contributed by atoms with Gasteiger partial charge in [0.15, 0.2) is 0 Å². The Morgan fingerprint density at radius 2 is 2.10 bits per heavy atom. The van der Waals surface area contributed by atoms with Crippen molar-refractivity contribution in [3.63, 3.8) is 0 Å². The fourth-order valence-electron chi connectivity index (χ4n) is 1.77. The highest BCUT2D eigenvalue weighted by atomic mass is 32.2. The summed E-state index contributed by atoms with van der Waals surface area (Å²) in [6.07, 6.45) is 0. The molecule has 0 saturated heterocycles. The molecule has 1 N–H and O–H groups in total. The van der Waals surface area contributed by atoms with E-state index < -0.39 is 0 Å². The highest BCUT2D eigenvalue weighted by Gasteiger charge is 2.08. The van der Waals surface area contributed by atoms with Crippen molar-refractivity contribution in [3.8, 4) is 5.69 Å². The first-order chi connectivity index (χ1) is 9.74. The lowest BCUT2D eigenvalue weighted by atomic mass is 10.3. The number of benzene rings is 1. The number of tetrazole rings is 1. The molecule has 0 aliphatic rings. The first kappa shape index (κ1) is 12.7. The Kier molecular flexibility index (Phi) is 3.38. The molecule has 20 heavy (non-hydrogen) atoms. The minimum absolute atomic E-state index is 0.0807. The maximum absolute atomic E-state index is 11.9. The molecule has 0 aliphatic heterocycles. The third kappa shape index (κ3) is 2.50. The van der Waals surface area contributed by atoms with Gasteiger partial charge in [-0.3, -0.25) is 9.89 Å². The molecule has 0 spiro atoms. The van der Waals surface area contributed by atoms with Crippen molar-refractivity contribution in [2.45, 2.75) is 10.9 Å². The molecular formula is C12H12N6OS. The van der Waals surface area contributed by atoms with Crippen LogP contribution in [-0.2, 0) is 12.8 Å². The number of aromatic amines is 1. The molecule has 0 radical (unpaired) electrons. The lowest BCUT2D eigenvalue weighted by molar-refractivity contribution is 0.664. The summed E-state index contributed by atoms with van der Waals surface area (Å²) in [4.78, 5) is 11.9. The number of thioether (sulfide) groups is 1. The lowest BCUT2D eigenvalue weighted by Gasteiger charge is -2.01. The van der Waals surface area contributed by atoms with Crippen molar-refractivity contribution < 1.29 is 0 Å². The Labute approximate surface area is 118 Å².